The van der Waals surface area contributed by atoms with Crippen molar-refractivity contribution in [3.05, 3.63) is 29.8 Å². The van der Waals surface area contributed by atoms with Gasteiger partial charge in [0.15, 0.2) is 0 Å². The fourth-order valence-corrected chi connectivity index (χ4v) is 3.34. The lowest BCUT2D eigenvalue weighted by Crippen LogP contribution is -2.50. The number of ether oxygens (including phenoxy) is 1. The Balaban J connectivity index is 1.75. The van der Waals surface area contributed by atoms with Gasteiger partial charge in [-0.05, 0) is 49.3 Å². The first-order valence-corrected chi connectivity index (χ1v) is 9.88. The second kappa shape index (κ2) is 10.4. The van der Waals surface area contributed by atoms with E-state index in [2.05, 4.69) is 25.2 Å². The Morgan fingerprint density at radius 1 is 1.35 bits per heavy atom. The molecule has 146 valence electrons. The zero-order valence-electron chi connectivity index (χ0n) is 16.4. The summed E-state index contributed by atoms with van der Waals surface area (Å²) < 4.78 is 5.79. The third kappa shape index (κ3) is 6.52. The van der Waals surface area contributed by atoms with E-state index >= 15 is 0 Å². The first-order valence-electron chi connectivity index (χ1n) is 9.88. The summed E-state index contributed by atoms with van der Waals surface area (Å²) in [5, 5.41) is 13.1. The van der Waals surface area contributed by atoms with Crippen LogP contribution in [-0.4, -0.2) is 48.4 Å². The molecule has 2 atom stereocenters. The van der Waals surface area contributed by atoms with Crippen molar-refractivity contribution < 1.29 is 14.6 Å². The molecule has 0 heterocycles. The van der Waals surface area contributed by atoms with Crippen LogP contribution in [-0.2, 0) is 6.42 Å². The first-order chi connectivity index (χ1) is 12.5. The molecule has 0 radical (unpaired) electrons. The fourth-order valence-electron chi connectivity index (χ4n) is 3.34. The number of urea groups is 1. The van der Waals surface area contributed by atoms with Gasteiger partial charge in [0.2, 0.25) is 0 Å². The highest BCUT2D eigenvalue weighted by molar-refractivity contribution is 5.74. The van der Waals surface area contributed by atoms with Crippen molar-refractivity contribution in [2.75, 3.05) is 20.2 Å². The van der Waals surface area contributed by atoms with Crippen LogP contribution < -0.4 is 10.1 Å². The van der Waals surface area contributed by atoms with Crippen molar-refractivity contribution in [1.82, 2.24) is 10.2 Å². The highest BCUT2D eigenvalue weighted by Gasteiger charge is 2.29. The van der Waals surface area contributed by atoms with Gasteiger partial charge in [-0.15, -0.1) is 0 Å². The Kier molecular flexibility index (Phi) is 8.23. The highest BCUT2D eigenvalue weighted by atomic mass is 16.5. The number of benzene rings is 1. The highest BCUT2D eigenvalue weighted by Crippen LogP contribution is 2.22. The van der Waals surface area contributed by atoms with Crippen molar-refractivity contribution >= 4 is 6.03 Å². The minimum atomic E-state index is -0.404. The number of likely N-dealkylation sites (N-methyl/N-ethyl adjacent to an activating group) is 1. The number of carbonyl (C=O) groups excluding carboxylic acids is 1. The zero-order chi connectivity index (χ0) is 18.9. The van der Waals surface area contributed by atoms with E-state index < -0.39 is 6.10 Å². The number of carbonyl (C=O) groups is 1. The van der Waals surface area contributed by atoms with Crippen molar-refractivity contribution in [3.63, 3.8) is 0 Å². The van der Waals surface area contributed by atoms with Crippen molar-refractivity contribution in [1.29, 1.82) is 0 Å². The third-order valence-electron chi connectivity index (χ3n) is 5.06. The van der Waals surface area contributed by atoms with Crippen LogP contribution in [0.15, 0.2) is 24.3 Å². The number of hydrogen-bond donors (Lipinski definition) is 2. The number of rotatable bonds is 8. The molecule has 5 heteroatoms. The molecule has 1 aromatic carbocycles. The van der Waals surface area contributed by atoms with E-state index in [1.807, 2.05) is 18.2 Å². The molecule has 2 rings (SSSR count). The van der Waals surface area contributed by atoms with Gasteiger partial charge in [0.05, 0.1) is 18.8 Å². The Labute approximate surface area is 157 Å². The monoisotopic (exact) mass is 362 g/mol. The molecule has 0 unspecified atom stereocenters. The van der Waals surface area contributed by atoms with Crippen LogP contribution in [0.3, 0.4) is 0 Å². The van der Waals surface area contributed by atoms with Crippen LogP contribution in [0, 0.1) is 5.92 Å². The van der Waals surface area contributed by atoms with Gasteiger partial charge in [-0.25, -0.2) is 4.79 Å². The normalized spacial score (nSPS) is 20.0. The van der Waals surface area contributed by atoms with Crippen molar-refractivity contribution in [2.45, 2.75) is 64.5 Å². The molecule has 0 bridgehead atoms. The summed E-state index contributed by atoms with van der Waals surface area (Å²) in [5.74, 6) is 1.52. The minimum absolute atomic E-state index is 0.0681. The summed E-state index contributed by atoms with van der Waals surface area (Å²) in [7, 11) is 1.78. The predicted octanol–water partition coefficient (Wildman–Crippen LogP) is 3.60. The lowest BCUT2D eigenvalue weighted by Gasteiger charge is -2.35. The van der Waals surface area contributed by atoms with Crippen LogP contribution in [0.4, 0.5) is 4.79 Å². The Bertz CT molecular complexity index is 562. The topological polar surface area (TPSA) is 61.8 Å². The van der Waals surface area contributed by atoms with Gasteiger partial charge in [0.1, 0.15) is 5.75 Å². The Morgan fingerprint density at radius 3 is 2.85 bits per heavy atom. The van der Waals surface area contributed by atoms with E-state index in [9.17, 15) is 9.90 Å². The average molecular weight is 363 g/mol. The first kappa shape index (κ1) is 20.6. The molecule has 1 aliphatic rings. The van der Waals surface area contributed by atoms with E-state index in [1.165, 1.54) is 0 Å². The maximum atomic E-state index is 12.3. The number of aliphatic hydroxyl groups is 1. The van der Waals surface area contributed by atoms with E-state index in [-0.39, 0.29) is 12.1 Å². The molecule has 2 N–H and O–H groups in total. The maximum absolute atomic E-state index is 12.3. The number of aliphatic hydroxyl groups excluding tert-OH is 1. The molecule has 0 saturated heterocycles. The van der Waals surface area contributed by atoms with Crippen LogP contribution in [0.25, 0.3) is 0 Å². The SMILES string of the molecule is CC(C)CCOc1cccc(CCNC(=O)N(C)[C@@H]2CCCC[C@@H]2O)c1. The predicted molar refractivity (Wildman–Crippen MR) is 105 cm³/mol. The second-order valence-corrected chi connectivity index (χ2v) is 7.69. The summed E-state index contributed by atoms with van der Waals surface area (Å²) in [6.07, 6.45) is 5.17. The van der Waals surface area contributed by atoms with Crippen LogP contribution in [0.1, 0.15) is 51.5 Å². The molecule has 1 aromatic rings. The molecule has 1 saturated carbocycles. The van der Waals surface area contributed by atoms with Gasteiger partial charge < -0.3 is 20.1 Å². The summed E-state index contributed by atoms with van der Waals surface area (Å²) in [4.78, 5) is 14.0. The van der Waals surface area contributed by atoms with Crippen LogP contribution in [0.2, 0.25) is 0 Å². The quantitative estimate of drug-likeness (QED) is 0.743. The molecule has 0 aromatic heterocycles. The lowest BCUT2D eigenvalue weighted by molar-refractivity contribution is 0.0466. The van der Waals surface area contributed by atoms with E-state index in [0.29, 0.717) is 12.5 Å². The standard InChI is InChI=1S/C21H34N2O3/c1-16(2)12-14-26-18-8-6-7-17(15-18)11-13-22-21(25)23(3)19-9-4-5-10-20(19)24/h6-8,15-16,19-20,24H,4-5,9-14H2,1-3H3,(H,22,25)/t19-,20+/m1/s1. The fraction of sp³-hybridized carbons (Fsp3) is 0.667. The van der Waals surface area contributed by atoms with Gasteiger partial charge in [-0.2, -0.15) is 0 Å². The van der Waals surface area contributed by atoms with Gasteiger partial charge >= 0.3 is 6.03 Å². The molecular formula is C21H34N2O3. The third-order valence-corrected chi connectivity index (χ3v) is 5.06. The molecule has 2 amide bonds. The number of amides is 2. The largest absolute Gasteiger partial charge is 0.494 e. The molecule has 1 aliphatic carbocycles. The van der Waals surface area contributed by atoms with E-state index in [0.717, 1.165) is 56.4 Å². The van der Waals surface area contributed by atoms with Crippen LogP contribution in [0.5, 0.6) is 5.75 Å². The molecule has 26 heavy (non-hydrogen) atoms. The van der Waals surface area contributed by atoms with Gasteiger partial charge in [-0.1, -0.05) is 38.8 Å². The average Bonchev–Trinajstić information content (AvgIpc) is 2.61. The summed E-state index contributed by atoms with van der Waals surface area (Å²) in [6.45, 7) is 5.67. The summed E-state index contributed by atoms with van der Waals surface area (Å²) in [6, 6.07) is 7.88. The van der Waals surface area contributed by atoms with Crippen molar-refractivity contribution in [2.24, 2.45) is 5.92 Å². The van der Waals surface area contributed by atoms with Crippen molar-refractivity contribution in [3.8, 4) is 5.75 Å². The summed E-state index contributed by atoms with van der Waals surface area (Å²) in [5.41, 5.74) is 1.15. The number of nitrogens with one attached hydrogen (secondary N) is 1. The van der Waals surface area contributed by atoms with Gasteiger partial charge in [0, 0.05) is 13.6 Å². The zero-order valence-corrected chi connectivity index (χ0v) is 16.4. The molecule has 1 fully saturated rings. The summed E-state index contributed by atoms with van der Waals surface area (Å²) >= 11 is 0. The molecular weight excluding hydrogens is 328 g/mol. The van der Waals surface area contributed by atoms with Crippen LogP contribution >= 0.6 is 0 Å². The molecule has 0 spiro atoms. The van der Waals surface area contributed by atoms with E-state index in [1.54, 1.807) is 11.9 Å². The number of nitrogens with zero attached hydrogens (tertiary/aromatic N) is 1. The molecule has 5 nitrogen and oxygen atoms in total. The maximum Gasteiger partial charge on any atom is 0.317 e. The van der Waals surface area contributed by atoms with Gasteiger partial charge in [0.25, 0.3) is 0 Å². The second-order valence-electron chi connectivity index (χ2n) is 7.69. The minimum Gasteiger partial charge on any atom is -0.494 e. The van der Waals surface area contributed by atoms with Gasteiger partial charge in [-0.3, -0.25) is 0 Å². The molecule has 0 aliphatic heterocycles. The Hall–Kier alpha value is -1.75. The Morgan fingerprint density at radius 2 is 2.12 bits per heavy atom. The number of hydrogen-bond acceptors (Lipinski definition) is 3. The lowest BCUT2D eigenvalue weighted by atomic mass is 9.92. The van der Waals surface area contributed by atoms with E-state index in [4.69, 9.17) is 4.74 Å². The smallest absolute Gasteiger partial charge is 0.317 e.